The maximum absolute atomic E-state index is 10.3. The van der Waals surface area contributed by atoms with E-state index in [0.29, 0.717) is 13.2 Å². The fraction of sp³-hybridized carbons (Fsp3) is 0.625. The molecule has 0 saturated carbocycles. The number of rotatable bonds is 5. The summed E-state index contributed by atoms with van der Waals surface area (Å²) >= 11 is 0. The molecule has 1 N–H and O–H groups in total. The van der Waals surface area contributed by atoms with Crippen molar-refractivity contribution in [3.05, 3.63) is 0 Å². The van der Waals surface area contributed by atoms with Crippen LogP contribution in [0.5, 0.6) is 0 Å². The zero-order valence-electron chi connectivity index (χ0n) is 7.41. The Bertz CT molecular complexity index is 178. The third kappa shape index (κ3) is 6.92. The Morgan fingerprint density at radius 3 is 2.92 bits per heavy atom. The van der Waals surface area contributed by atoms with Crippen LogP contribution in [0, 0.1) is 11.3 Å². The Hall–Kier alpha value is -1.19. The van der Waals surface area contributed by atoms with Crippen molar-refractivity contribution in [3.8, 4) is 0 Å². The highest BCUT2D eigenvalue weighted by molar-refractivity contribution is 5.81. The van der Waals surface area contributed by atoms with Gasteiger partial charge in [-0.05, 0) is 0 Å². The third-order valence-corrected chi connectivity index (χ3v) is 1.13. The van der Waals surface area contributed by atoms with Gasteiger partial charge >= 0.3 is 5.97 Å². The molecule has 0 fully saturated rings. The lowest BCUT2D eigenvalue weighted by Crippen LogP contribution is -2.04. The predicted octanol–water partition coefficient (Wildman–Crippen LogP) is 0.906. The molecule has 4 heteroatoms. The topological polar surface area (TPSA) is 62.5 Å². The Balaban J connectivity index is 3.36. The van der Waals surface area contributed by atoms with Crippen LogP contribution in [-0.4, -0.2) is 31.6 Å². The Labute approximate surface area is 72.1 Å². The Kier molecular flexibility index (Phi) is 5.87. The summed E-state index contributed by atoms with van der Waals surface area (Å²) in [5.74, 6) is -0.229. The van der Waals surface area contributed by atoms with Crippen molar-refractivity contribution in [1.82, 2.24) is 0 Å². The van der Waals surface area contributed by atoms with Crippen LogP contribution in [0.15, 0.2) is 4.99 Å². The monoisotopic (exact) mass is 170 g/mol. The molecule has 0 aliphatic rings. The summed E-state index contributed by atoms with van der Waals surface area (Å²) < 4.78 is 4.65. The van der Waals surface area contributed by atoms with E-state index in [2.05, 4.69) is 9.73 Å². The predicted molar refractivity (Wildman–Crippen MR) is 47.9 cm³/mol. The minimum Gasteiger partial charge on any atom is -0.464 e. The molecule has 0 spiro atoms. The van der Waals surface area contributed by atoms with Crippen molar-refractivity contribution in [2.24, 2.45) is 10.9 Å². The van der Waals surface area contributed by atoms with E-state index in [1.54, 1.807) is 6.21 Å². The van der Waals surface area contributed by atoms with E-state index in [0.717, 1.165) is 0 Å². The van der Waals surface area contributed by atoms with E-state index in [1.165, 1.54) is 13.1 Å². The maximum Gasteiger partial charge on any atom is 0.302 e. The van der Waals surface area contributed by atoms with Gasteiger partial charge in [-0.1, -0.05) is 6.92 Å². The first-order valence-corrected chi connectivity index (χ1v) is 3.80. The summed E-state index contributed by atoms with van der Waals surface area (Å²) in [7, 11) is 0. The highest BCUT2D eigenvalue weighted by atomic mass is 16.5. The number of hydrogen-bond acceptors (Lipinski definition) is 4. The van der Waals surface area contributed by atoms with Crippen molar-refractivity contribution in [3.63, 3.8) is 0 Å². The van der Waals surface area contributed by atoms with Gasteiger partial charge in [-0.2, -0.15) is 0 Å². The fourth-order valence-corrected chi connectivity index (χ4v) is 0.526. The number of carbonyl (C=O) groups excluding carboxylic acids is 1. The van der Waals surface area contributed by atoms with Crippen molar-refractivity contribution in [2.45, 2.75) is 13.8 Å². The largest absolute Gasteiger partial charge is 0.464 e. The molecule has 4 nitrogen and oxygen atoms in total. The lowest BCUT2D eigenvalue weighted by Gasteiger charge is -1.97. The van der Waals surface area contributed by atoms with Gasteiger partial charge < -0.3 is 10.1 Å². The van der Waals surface area contributed by atoms with E-state index in [-0.39, 0.29) is 11.9 Å². The molecule has 0 aliphatic carbocycles. The average molecular weight is 170 g/mol. The molecular weight excluding hydrogens is 156 g/mol. The molecule has 0 rings (SSSR count). The van der Waals surface area contributed by atoms with E-state index >= 15 is 0 Å². The standard InChI is InChI=1S/C8H14N2O2/c1-7(5-9)6-10-3-4-12-8(2)11/h5-7,9H,3-4H2,1-2H3. The number of nitrogens with zero attached hydrogens (tertiary/aromatic N) is 1. The fourth-order valence-electron chi connectivity index (χ4n) is 0.526. The SMILES string of the molecule is CC(=O)OCCN=CC(C)C=N. The first-order valence-electron chi connectivity index (χ1n) is 3.80. The molecule has 0 aromatic rings. The number of esters is 1. The quantitative estimate of drug-likeness (QED) is 0.378. The molecule has 0 aromatic carbocycles. The van der Waals surface area contributed by atoms with Crippen LogP contribution >= 0.6 is 0 Å². The third-order valence-electron chi connectivity index (χ3n) is 1.13. The molecule has 0 saturated heterocycles. The molecule has 0 radical (unpaired) electrons. The molecule has 1 unspecified atom stereocenters. The Morgan fingerprint density at radius 2 is 2.42 bits per heavy atom. The molecule has 12 heavy (non-hydrogen) atoms. The van der Waals surface area contributed by atoms with Crippen LogP contribution in [0.1, 0.15) is 13.8 Å². The number of nitrogens with one attached hydrogen (secondary N) is 1. The van der Waals surface area contributed by atoms with E-state index in [1.807, 2.05) is 6.92 Å². The molecular formula is C8H14N2O2. The normalized spacial score (nSPS) is 12.8. The summed E-state index contributed by atoms with van der Waals surface area (Å²) in [6, 6.07) is 0. The number of aliphatic imine (C=N–C) groups is 1. The minimum absolute atomic E-state index is 0.0577. The van der Waals surface area contributed by atoms with Crippen LogP contribution in [-0.2, 0) is 9.53 Å². The Morgan fingerprint density at radius 1 is 1.75 bits per heavy atom. The second kappa shape index (κ2) is 6.52. The second-order valence-electron chi connectivity index (χ2n) is 2.42. The van der Waals surface area contributed by atoms with Crippen LogP contribution in [0.2, 0.25) is 0 Å². The average Bonchev–Trinajstić information content (AvgIpc) is 2.03. The zero-order chi connectivity index (χ0) is 9.40. The summed E-state index contributed by atoms with van der Waals surface area (Å²) in [6.07, 6.45) is 2.96. The molecule has 0 aromatic heterocycles. The second-order valence-corrected chi connectivity index (χ2v) is 2.42. The first-order chi connectivity index (χ1) is 5.66. The minimum atomic E-state index is -0.287. The van der Waals surface area contributed by atoms with Gasteiger partial charge in [0.05, 0.1) is 6.54 Å². The highest BCUT2D eigenvalue weighted by Gasteiger charge is 1.91. The van der Waals surface area contributed by atoms with Crippen molar-refractivity contribution in [1.29, 1.82) is 5.41 Å². The zero-order valence-corrected chi connectivity index (χ0v) is 7.41. The molecule has 1 atom stereocenters. The van der Waals surface area contributed by atoms with Gasteiger partial charge in [0, 0.05) is 25.3 Å². The first kappa shape index (κ1) is 10.8. The molecule has 0 bridgehead atoms. The number of hydrogen-bond donors (Lipinski definition) is 1. The van der Waals surface area contributed by atoms with Gasteiger partial charge in [0.25, 0.3) is 0 Å². The van der Waals surface area contributed by atoms with Gasteiger partial charge in [-0.25, -0.2) is 0 Å². The van der Waals surface area contributed by atoms with Crippen molar-refractivity contribution >= 4 is 18.4 Å². The summed E-state index contributed by atoms with van der Waals surface area (Å²) in [5, 5.41) is 6.86. The highest BCUT2D eigenvalue weighted by Crippen LogP contribution is 1.84. The lowest BCUT2D eigenvalue weighted by atomic mass is 10.2. The summed E-state index contributed by atoms with van der Waals surface area (Å²) in [6.45, 7) is 4.01. The lowest BCUT2D eigenvalue weighted by molar-refractivity contribution is -0.140. The summed E-state index contributed by atoms with van der Waals surface area (Å²) in [4.78, 5) is 14.2. The van der Waals surface area contributed by atoms with Crippen LogP contribution in [0.25, 0.3) is 0 Å². The summed E-state index contributed by atoms with van der Waals surface area (Å²) in [5.41, 5.74) is 0. The van der Waals surface area contributed by atoms with Crippen LogP contribution in [0.4, 0.5) is 0 Å². The van der Waals surface area contributed by atoms with Crippen molar-refractivity contribution in [2.75, 3.05) is 13.2 Å². The van der Waals surface area contributed by atoms with E-state index in [9.17, 15) is 4.79 Å². The van der Waals surface area contributed by atoms with Gasteiger partial charge in [0.15, 0.2) is 0 Å². The van der Waals surface area contributed by atoms with E-state index < -0.39 is 0 Å². The molecule has 68 valence electrons. The molecule has 0 aliphatic heterocycles. The number of carbonyl (C=O) groups is 1. The van der Waals surface area contributed by atoms with Gasteiger partial charge in [0.2, 0.25) is 0 Å². The van der Waals surface area contributed by atoms with Gasteiger partial charge in [-0.15, -0.1) is 0 Å². The van der Waals surface area contributed by atoms with Crippen molar-refractivity contribution < 1.29 is 9.53 Å². The van der Waals surface area contributed by atoms with Crippen LogP contribution in [0.3, 0.4) is 0 Å². The number of ether oxygens (including phenoxy) is 1. The molecule has 0 heterocycles. The molecule has 0 amide bonds. The van der Waals surface area contributed by atoms with Crippen LogP contribution < -0.4 is 0 Å². The van der Waals surface area contributed by atoms with Gasteiger partial charge in [-0.3, -0.25) is 9.79 Å². The van der Waals surface area contributed by atoms with Gasteiger partial charge in [0.1, 0.15) is 6.61 Å². The maximum atomic E-state index is 10.3. The van der Waals surface area contributed by atoms with E-state index in [4.69, 9.17) is 5.41 Å². The smallest absolute Gasteiger partial charge is 0.302 e.